The molecule has 30 heavy (non-hydrogen) atoms. The molecule has 0 fully saturated rings. The minimum atomic E-state index is -0.274. The molecule has 0 unspecified atom stereocenters. The van der Waals surface area contributed by atoms with Gasteiger partial charge in [0.2, 0.25) is 5.13 Å². The monoisotopic (exact) mass is 415 g/mol. The van der Waals surface area contributed by atoms with Crippen LogP contribution in [-0.2, 0) is 16.0 Å². The first-order valence-corrected chi connectivity index (χ1v) is 10.6. The van der Waals surface area contributed by atoms with E-state index in [2.05, 4.69) is 70.1 Å². The first-order valence-electron chi connectivity index (χ1n) is 9.70. The standard InChI is InChI=1S/C24H21N3O2S/c1-2-29-23(28)14-20-16-30-24(26-20)27-25-15-17-10-12-19(13-11-17)22-9-5-7-18-6-3-4-8-21(18)22/h3-13,15-16H,2,14H2,1H3,(H,26,27). The highest BCUT2D eigenvalue weighted by atomic mass is 32.1. The summed E-state index contributed by atoms with van der Waals surface area (Å²) in [4.78, 5) is 15.9. The van der Waals surface area contributed by atoms with Crippen LogP contribution in [0.4, 0.5) is 5.13 Å². The maximum Gasteiger partial charge on any atom is 0.311 e. The Hall–Kier alpha value is -3.51. The molecule has 1 aromatic heterocycles. The van der Waals surface area contributed by atoms with Gasteiger partial charge in [-0.1, -0.05) is 66.7 Å². The van der Waals surface area contributed by atoms with Gasteiger partial charge in [-0.25, -0.2) is 4.98 Å². The van der Waals surface area contributed by atoms with Gasteiger partial charge in [0.05, 0.1) is 24.9 Å². The number of nitrogens with one attached hydrogen (secondary N) is 1. The van der Waals surface area contributed by atoms with Crippen LogP contribution < -0.4 is 5.43 Å². The number of hydrogen-bond acceptors (Lipinski definition) is 6. The second-order valence-electron chi connectivity index (χ2n) is 6.64. The molecular formula is C24H21N3O2S. The Labute approximate surface area is 179 Å². The van der Waals surface area contributed by atoms with Gasteiger partial charge in [-0.05, 0) is 34.4 Å². The first kappa shape index (κ1) is 19.8. The molecule has 150 valence electrons. The summed E-state index contributed by atoms with van der Waals surface area (Å²) in [6.45, 7) is 2.16. The van der Waals surface area contributed by atoms with Gasteiger partial charge >= 0.3 is 5.97 Å². The fourth-order valence-corrected chi connectivity index (χ4v) is 3.85. The van der Waals surface area contributed by atoms with E-state index in [1.54, 1.807) is 13.1 Å². The Bertz CT molecular complexity index is 1180. The Morgan fingerprint density at radius 2 is 1.90 bits per heavy atom. The van der Waals surface area contributed by atoms with Gasteiger partial charge in [-0.2, -0.15) is 5.10 Å². The fraction of sp³-hybridized carbons (Fsp3) is 0.125. The summed E-state index contributed by atoms with van der Waals surface area (Å²) in [6, 6.07) is 23.0. The Balaban J connectivity index is 1.41. The van der Waals surface area contributed by atoms with Crippen molar-refractivity contribution in [3.63, 3.8) is 0 Å². The van der Waals surface area contributed by atoms with Crippen molar-refractivity contribution in [2.75, 3.05) is 12.0 Å². The lowest BCUT2D eigenvalue weighted by Crippen LogP contribution is -2.07. The summed E-state index contributed by atoms with van der Waals surface area (Å²) in [5.41, 5.74) is 6.95. The Kier molecular flexibility index (Phi) is 6.15. The number of hydrazone groups is 1. The number of esters is 1. The van der Waals surface area contributed by atoms with Crippen LogP contribution in [-0.4, -0.2) is 23.8 Å². The van der Waals surface area contributed by atoms with Crippen molar-refractivity contribution in [1.29, 1.82) is 0 Å². The summed E-state index contributed by atoms with van der Waals surface area (Å²) in [5, 5.41) is 9.19. The van der Waals surface area contributed by atoms with Gasteiger partial charge < -0.3 is 4.74 Å². The number of anilines is 1. The van der Waals surface area contributed by atoms with Gasteiger partial charge in [0.1, 0.15) is 0 Å². The normalized spacial score (nSPS) is 11.1. The smallest absolute Gasteiger partial charge is 0.311 e. The zero-order chi connectivity index (χ0) is 20.8. The zero-order valence-electron chi connectivity index (χ0n) is 16.5. The van der Waals surface area contributed by atoms with Crippen LogP contribution in [0, 0.1) is 0 Å². The average Bonchev–Trinajstić information content (AvgIpc) is 3.21. The minimum Gasteiger partial charge on any atom is -0.466 e. The van der Waals surface area contributed by atoms with Crippen LogP contribution in [0.2, 0.25) is 0 Å². The van der Waals surface area contributed by atoms with E-state index in [0.29, 0.717) is 17.4 Å². The molecule has 1 heterocycles. The predicted octanol–water partition coefficient (Wildman–Crippen LogP) is 5.51. The second kappa shape index (κ2) is 9.33. The first-order chi connectivity index (χ1) is 14.7. The van der Waals surface area contributed by atoms with Crippen LogP contribution in [0.5, 0.6) is 0 Å². The number of carbonyl (C=O) groups is 1. The van der Waals surface area contributed by atoms with Crippen molar-refractivity contribution < 1.29 is 9.53 Å². The fourth-order valence-electron chi connectivity index (χ4n) is 3.19. The van der Waals surface area contributed by atoms with Crippen molar-refractivity contribution in [1.82, 2.24) is 4.98 Å². The largest absolute Gasteiger partial charge is 0.466 e. The van der Waals surface area contributed by atoms with E-state index in [4.69, 9.17) is 4.74 Å². The molecule has 0 saturated carbocycles. The van der Waals surface area contributed by atoms with E-state index in [9.17, 15) is 4.79 Å². The van der Waals surface area contributed by atoms with Crippen molar-refractivity contribution in [2.24, 2.45) is 5.10 Å². The highest BCUT2D eigenvalue weighted by molar-refractivity contribution is 7.13. The lowest BCUT2D eigenvalue weighted by Gasteiger charge is -2.07. The molecule has 4 aromatic rings. The van der Waals surface area contributed by atoms with Gasteiger partial charge in [0.15, 0.2) is 0 Å². The highest BCUT2D eigenvalue weighted by Gasteiger charge is 2.08. The molecule has 0 spiro atoms. The van der Waals surface area contributed by atoms with Crippen molar-refractivity contribution >= 4 is 39.4 Å². The molecule has 0 radical (unpaired) electrons. The number of rotatable bonds is 7. The third-order valence-corrected chi connectivity index (χ3v) is 5.36. The summed E-state index contributed by atoms with van der Waals surface area (Å²) >= 11 is 1.40. The predicted molar refractivity (Wildman–Crippen MR) is 123 cm³/mol. The second-order valence-corrected chi connectivity index (χ2v) is 7.50. The molecule has 0 aliphatic rings. The molecule has 0 bridgehead atoms. The van der Waals surface area contributed by atoms with E-state index < -0.39 is 0 Å². The molecule has 5 nitrogen and oxygen atoms in total. The van der Waals surface area contributed by atoms with Gasteiger partial charge in [-0.3, -0.25) is 10.2 Å². The van der Waals surface area contributed by atoms with E-state index >= 15 is 0 Å². The molecule has 0 aliphatic carbocycles. The van der Waals surface area contributed by atoms with Gasteiger partial charge in [-0.15, -0.1) is 11.3 Å². The lowest BCUT2D eigenvalue weighted by atomic mass is 9.98. The van der Waals surface area contributed by atoms with Crippen LogP contribution in [0.1, 0.15) is 18.2 Å². The number of fused-ring (bicyclic) bond motifs is 1. The number of nitrogens with zero attached hydrogens (tertiary/aromatic N) is 2. The van der Waals surface area contributed by atoms with E-state index in [1.165, 1.54) is 33.2 Å². The van der Waals surface area contributed by atoms with E-state index in [0.717, 1.165) is 5.56 Å². The van der Waals surface area contributed by atoms with Gasteiger partial charge in [0.25, 0.3) is 0 Å². The maximum atomic E-state index is 11.5. The number of thiazole rings is 1. The van der Waals surface area contributed by atoms with E-state index in [1.807, 2.05) is 17.5 Å². The maximum absolute atomic E-state index is 11.5. The quantitative estimate of drug-likeness (QED) is 0.245. The highest BCUT2D eigenvalue weighted by Crippen LogP contribution is 2.28. The molecular weight excluding hydrogens is 394 g/mol. The number of ether oxygens (including phenoxy) is 1. The van der Waals surface area contributed by atoms with Crippen LogP contribution in [0.15, 0.2) is 77.2 Å². The Morgan fingerprint density at radius 1 is 1.10 bits per heavy atom. The minimum absolute atomic E-state index is 0.172. The lowest BCUT2D eigenvalue weighted by molar-refractivity contribution is -0.142. The van der Waals surface area contributed by atoms with Crippen LogP contribution in [0.25, 0.3) is 21.9 Å². The Morgan fingerprint density at radius 3 is 2.73 bits per heavy atom. The summed E-state index contributed by atoms with van der Waals surface area (Å²) in [5.74, 6) is -0.274. The third kappa shape index (κ3) is 4.72. The molecule has 1 N–H and O–H groups in total. The molecule has 0 atom stereocenters. The summed E-state index contributed by atoms with van der Waals surface area (Å²) < 4.78 is 4.93. The SMILES string of the molecule is CCOC(=O)Cc1csc(NN=Cc2ccc(-c3cccc4ccccc34)cc2)n1. The molecule has 4 rings (SSSR count). The zero-order valence-corrected chi connectivity index (χ0v) is 17.4. The topological polar surface area (TPSA) is 63.6 Å². The molecule has 0 amide bonds. The molecule has 0 saturated heterocycles. The summed E-state index contributed by atoms with van der Waals surface area (Å²) in [6.07, 6.45) is 1.92. The van der Waals surface area contributed by atoms with Crippen molar-refractivity contribution in [2.45, 2.75) is 13.3 Å². The summed E-state index contributed by atoms with van der Waals surface area (Å²) in [7, 11) is 0. The van der Waals surface area contributed by atoms with Crippen LogP contribution >= 0.6 is 11.3 Å². The number of carbonyl (C=O) groups excluding carboxylic acids is 1. The van der Waals surface area contributed by atoms with E-state index in [-0.39, 0.29) is 12.4 Å². The third-order valence-electron chi connectivity index (χ3n) is 4.57. The van der Waals surface area contributed by atoms with Crippen molar-refractivity contribution in [3.05, 3.63) is 83.4 Å². The number of benzene rings is 3. The molecule has 6 heteroatoms. The average molecular weight is 416 g/mol. The number of hydrogen-bond donors (Lipinski definition) is 1. The van der Waals surface area contributed by atoms with Crippen molar-refractivity contribution in [3.8, 4) is 11.1 Å². The molecule has 3 aromatic carbocycles. The number of aromatic nitrogens is 1. The molecule has 0 aliphatic heterocycles. The van der Waals surface area contributed by atoms with Crippen LogP contribution in [0.3, 0.4) is 0 Å². The van der Waals surface area contributed by atoms with Gasteiger partial charge in [0, 0.05) is 5.38 Å².